The van der Waals surface area contributed by atoms with Crippen LogP contribution in [0.5, 0.6) is 0 Å². The molecule has 2 fully saturated rings. The van der Waals surface area contributed by atoms with Crippen molar-refractivity contribution in [2.75, 3.05) is 24.2 Å². The van der Waals surface area contributed by atoms with Crippen LogP contribution < -0.4 is 5.32 Å². The summed E-state index contributed by atoms with van der Waals surface area (Å²) in [5, 5.41) is 7.41. The summed E-state index contributed by atoms with van der Waals surface area (Å²) in [5.74, 6) is 1.39. The van der Waals surface area contributed by atoms with E-state index in [1.54, 1.807) is 10.9 Å². The minimum absolute atomic E-state index is 0.468. The Morgan fingerprint density at radius 3 is 2.87 bits per heavy atom. The lowest BCUT2D eigenvalue weighted by molar-refractivity contribution is 0.0565. The summed E-state index contributed by atoms with van der Waals surface area (Å²) in [5.41, 5.74) is 3.21. The molecular weight excluding hydrogens is 398 g/mol. The summed E-state index contributed by atoms with van der Waals surface area (Å²) in [6.07, 6.45) is 12.3. The highest BCUT2D eigenvalue weighted by Crippen LogP contribution is 2.41. The van der Waals surface area contributed by atoms with Gasteiger partial charge in [-0.05, 0) is 37.3 Å². The topological polar surface area (TPSA) is 85.2 Å². The molecule has 0 saturated carbocycles. The number of rotatable bonds is 7. The number of fused-ring (bicyclic) bond motifs is 2. The standard InChI is InChI=1S/C21H29N7OS/c1-3-8-30(29)27-13-19(14-27)28-17-4-5-18(28)10-15(9-17)20-6-7-22-21(25-20)24-16-11-23-26(2)12-16/h6-7,9,11-12,17-19H,3-5,8,10,13-14H2,1-2H3,(H,22,24,25). The molecule has 2 aromatic rings. The van der Waals surface area contributed by atoms with Crippen LogP contribution in [-0.2, 0) is 18.4 Å². The van der Waals surface area contributed by atoms with Gasteiger partial charge in [-0.2, -0.15) is 5.10 Å². The fraction of sp³-hybridized carbons (Fsp3) is 0.571. The van der Waals surface area contributed by atoms with Gasteiger partial charge in [-0.15, -0.1) is 4.31 Å². The van der Waals surface area contributed by atoms with Gasteiger partial charge in [0.2, 0.25) is 5.95 Å². The van der Waals surface area contributed by atoms with E-state index in [2.05, 4.69) is 37.6 Å². The Morgan fingerprint density at radius 1 is 1.27 bits per heavy atom. The molecule has 5 rings (SSSR count). The molecule has 5 heterocycles. The van der Waals surface area contributed by atoms with Crippen molar-refractivity contribution in [3.8, 4) is 0 Å². The number of aromatic nitrogens is 4. The van der Waals surface area contributed by atoms with Crippen LogP contribution in [0.25, 0.3) is 5.57 Å². The molecule has 8 nitrogen and oxygen atoms in total. The smallest absolute Gasteiger partial charge is 0.227 e. The van der Waals surface area contributed by atoms with Crippen molar-refractivity contribution >= 4 is 28.6 Å². The molecule has 0 amide bonds. The summed E-state index contributed by atoms with van der Waals surface area (Å²) < 4.78 is 16.1. The van der Waals surface area contributed by atoms with Gasteiger partial charge in [0.05, 0.1) is 30.7 Å². The number of anilines is 2. The van der Waals surface area contributed by atoms with Crippen LogP contribution in [0.3, 0.4) is 0 Å². The van der Waals surface area contributed by atoms with Gasteiger partial charge in [0, 0.05) is 48.9 Å². The molecule has 0 aromatic carbocycles. The van der Waals surface area contributed by atoms with Crippen molar-refractivity contribution in [2.45, 2.75) is 50.7 Å². The van der Waals surface area contributed by atoms with Gasteiger partial charge in [-0.1, -0.05) is 13.0 Å². The second kappa shape index (κ2) is 8.30. The predicted octanol–water partition coefficient (Wildman–Crippen LogP) is 2.33. The van der Waals surface area contributed by atoms with Crippen molar-refractivity contribution in [3.05, 3.63) is 36.4 Å². The Hall–Kier alpha value is -1.94. The van der Waals surface area contributed by atoms with Crippen LogP contribution in [0.2, 0.25) is 0 Å². The number of hydrogen-bond acceptors (Lipinski definition) is 7. The molecule has 30 heavy (non-hydrogen) atoms. The van der Waals surface area contributed by atoms with E-state index in [9.17, 15) is 4.55 Å². The Bertz CT molecular complexity index is 926. The third-order valence-electron chi connectivity index (χ3n) is 6.31. The van der Waals surface area contributed by atoms with Gasteiger partial charge in [-0.3, -0.25) is 9.58 Å². The number of hydrogen-bond donors (Lipinski definition) is 1. The predicted molar refractivity (Wildman–Crippen MR) is 118 cm³/mol. The number of nitrogens with one attached hydrogen (secondary N) is 1. The number of aryl methyl sites for hydroxylation is 1. The maximum Gasteiger partial charge on any atom is 0.227 e. The number of nitrogens with zero attached hydrogens (tertiary/aromatic N) is 6. The SMILES string of the molecule is CCC[S+]([O-])N1CC(N2C3C=C(c4ccnc(Nc5cnn(C)c5)n4)CC2CC3)C1. The van der Waals surface area contributed by atoms with Crippen molar-refractivity contribution < 1.29 is 4.55 Å². The van der Waals surface area contributed by atoms with Crippen molar-refractivity contribution in [1.82, 2.24) is 29.0 Å². The third-order valence-corrected chi connectivity index (χ3v) is 7.94. The molecule has 2 saturated heterocycles. The second-order valence-electron chi connectivity index (χ2n) is 8.46. The van der Waals surface area contributed by atoms with Crippen LogP contribution in [0.1, 0.15) is 38.3 Å². The summed E-state index contributed by atoms with van der Waals surface area (Å²) in [6, 6.07) is 3.57. The van der Waals surface area contributed by atoms with Gasteiger partial charge >= 0.3 is 0 Å². The zero-order valence-electron chi connectivity index (χ0n) is 17.6. The molecule has 3 aliphatic rings. The highest BCUT2D eigenvalue weighted by molar-refractivity contribution is 7.89. The minimum atomic E-state index is -0.799. The van der Waals surface area contributed by atoms with E-state index in [1.165, 1.54) is 18.4 Å². The first-order chi connectivity index (χ1) is 14.6. The highest BCUT2D eigenvalue weighted by atomic mass is 32.2. The van der Waals surface area contributed by atoms with Gasteiger partial charge < -0.3 is 9.87 Å². The Balaban J connectivity index is 1.27. The summed E-state index contributed by atoms with van der Waals surface area (Å²) in [4.78, 5) is 11.8. The molecule has 0 radical (unpaired) electrons. The third kappa shape index (κ3) is 3.87. The van der Waals surface area contributed by atoms with E-state index < -0.39 is 11.4 Å². The average Bonchev–Trinajstić information content (AvgIpc) is 3.20. The van der Waals surface area contributed by atoms with Gasteiger partial charge in [0.15, 0.2) is 0 Å². The van der Waals surface area contributed by atoms with E-state index in [1.807, 2.05) is 25.5 Å². The summed E-state index contributed by atoms with van der Waals surface area (Å²) in [7, 11) is 1.89. The van der Waals surface area contributed by atoms with Gasteiger partial charge in [0.1, 0.15) is 5.75 Å². The summed E-state index contributed by atoms with van der Waals surface area (Å²) >= 11 is -0.799. The Kier molecular flexibility index (Phi) is 5.53. The fourth-order valence-electron chi connectivity index (χ4n) is 4.91. The molecule has 160 valence electrons. The quantitative estimate of drug-likeness (QED) is 0.679. The monoisotopic (exact) mass is 427 g/mol. The largest absolute Gasteiger partial charge is 0.598 e. The normalized spacial score (nSPS) is 25.8. The zero-order valence-corrected chi connectivity index (χ0v) is 18.4. The second-order valence-corrected chi connectivity index (χ2v) is 10.0. The Labute approximate surface area is 180 Å². The maximum atomic E-state index is 12.2. The zero-order chi connectivity index (χ0) is 20.7. The fourth-order valence-corrected chi connectivity index (χ4v) is 6.19. The first kappa shape index (κ1) is 20.0. The van der Waals surface area contributed by atoms with E-state index >= 15 is 0 Å². The van der Waals surface area contributed by atoms with Crippen molar-refractivity contribution in [3.63, 3.8) is 0 Å². The maximum absolute atomic E-state index is 12.2. The van der Waals surface area contributed by atoms with E-state index in [4.69, 9.17) is 4.98 Å². The molecule has 3 aliphatic heterocycles. The van der Waals surface area contributed by atoms with Crippen LogP contribution in [0.15, 0.2) is 30.7 Å². The lowest BCUT2D eigenvalue weighted by atomic mass is 9.95. The Morgan fingerprint density at radius 2 is 2.13 bits per heavy atom. The summed E-state index contributed by atoms with van der Waals surface area (Å²) in [6.45, 7) is 3.97. The molecular formula is C21H29N7OS. The van der Waals surface area contributed by atoms with Crippen molar-refractivity contribution in [2.24, 2.45) is 7.05 Å². The van der Waals surface area contributed by atoms with Crippen molar-refractivity contribution in [1.29, 1.82) is 0 Å². The van der Waals surface area contributed by atoms with E-state index in [0.717, 1.165) is 43.1 Å². The molecule has 2 bridgehead atoms. The molecule has 2 aromatic heterocycles. The van der Waals surface area contributed by atoms with E-state index in [-0.39, 0.29) is 0 Å². The highest BCUT2D eigenvalue weighted by Gasteiger charge is 2.47. The minimum Gasteiger partial charge on any atom is -0.598 e. The van der Waals surface area contributed by atoms with E-state index in [0.29, 0.717) is 24.1 Å². The van der Waals surface area contributed by atoms with Crippen LogP contribution in [0.4, 0.5) is 11.6 Å². The van der Waals surface area contributed by atoms with Gasteiger partial charge in [-0.25, -0.2) is 9.97 Å². The first-order valence-corrected chi connectivity index (χ1v) is 12.1. The molecule has 9 heteroatoms. The molecule has 0 aliphatic carbocycles. The molecule has 0 spiro atoms. The van der Waals surface area contributed by atoms with Crippen LogP contribution in [0, 0.1) is 0 Å². The molecule has 3 atom stereocenters. The van der Waals surface area contributed by atoms with Crippen LogP contribution >= 0.6 is 0 Å². The lowest BCUT2D eigenvalue weighted by Gasteiger charge is -2.48. The first-order valence-electron chi connectivity index (χ1n) is 10.8. The molecule has 1 N–H and O–H groups in total. The van der Waals surface area contributed by atoms with Gasteiger partial charge in [0.25, 0.3) is 0 Å². The average molecular weight is 428 g/mol. The lowest BCUT2D eigenvalue weighted by Crippen LogP contribution is -2.64. The van der Waals surface area contributed by atoms with Crippen LogP contribution in [-0.4, -0.2) is 70.5 Å². The molecule has 3 unspecified atom stereocenters.